The van der Waals surface area contributed by atoms with E-state index in [1.807, 2.05) is 31.3 Å². The quantitative estimate of drug-likeness (QED) is 0.801. The third kappa shape index (κ3) is 3.07. The average Bonchev–Trinajstić information content (AvgIpc) is 2.73. The van der Waals surface area contributed by atoms with Crippen molar-refractivity contribution in [2.45, 2.75) is 13.0 Å². The molecule has 18 heavy (non-hydrogen) atoms. The maximum absolute atomic E-state index is 10.8. The summed E-state index contributed by atoms with van der Waals surface area (Å²) >= 11 is 0. The number of primary amides is 1. The molecule has 0 spiro atoms. The second-order valence-electron chi connectivity index (χ2n) is 4.04. The van der Waals surface area contributed by atoms with Gasteiger partial charge in [0.05, 0.1) is 24.9 Å². The molecule has 0 aliphatic carbocycles. The van der Waals surface area contributed by atoms with E-state index >= 15 is 0 Å². The second-order valence-corrected chi connectivity index (χ2v) is 4.04. The first-order valence-electron chi connectivity index (χ1n) is 5.60. The summed E-state index contributed by atoms with van der Waals surface area (Å²) in [6.45, 7) is 0.651. The molecule has 0 aliphatic heterocycles. The van der Waals surface area contributed by atoms with E-state index in [1.165, 1.54) is 0 Å². The van der Waals surface area contributed by atoms with Crippen molar-refractivity contribution in [2.75, 3.05) is 5.32 Å². The van der Waals surface area contributed by atoms with E-state index in [0.717, 1.165) is 16.9 Å². The van der Waals surface area contributed by atoms with Crippen LogP contribution in [0, 0.1) is 0 Å². The van der Waals surface area contributed by atoms with Crippen molar-refractivity contribution in [3.05, 3.63) is 41.7 Å². The number of hydrogen-bond donors (Lipinski definition) is 2. The Morgan fingerprint density at radius 1 is 1.39 bits per heavy atom. The molecule has 2 rings (SSSR count). The Balaban J connectivity index is 1.94. The van der Waals surface area contributed by atoms with Gasteiger partial charge in [0.1, 0.15) is 0 Å². The van der Waals surface area contributed by atoms with Crippen molar-refractivity contribution in [3.8, 4) is 0 Å². The monoisotopic (exact) mass is 245 g/mol. The third-order valence-electron chi connectivity index (χ3n) is 2.61. The molecule has 0 saturated heterocycles. The molecule has 0 fully saturated rings. The summed E-state index contributed by atoms with van der Waals surface area (Å²) < 4.78 is 1.72. The number of hydrogen-bond acceptors (Lipinski definition) is 4. The smallest absolute Gasteiger partial charge is 0.221 e. The Morgan fingerprint density at radius 3 is 2.67 bits per heavy atom. The minimum atomic E-state index is -0.323. The fourth-order valence-corrected chi connectivity index (χ4v) is 1.61. The normalized spacial score (nSPS) is 10.3. The molecule has 1 heterocycles. The molecule has 0 radical (unpaired) electrons. The highest BCUT2D eigenvalue weighted by Gasteiger charge is 2.01. The molecule has 0 bridgehead atoms. The number of anilines is 1. The van der Waals surface area contributed by atoms with E-state index in [2.05, 4.69) is 15.6 Å². The van der Waals surface area contributed by atoms with Gasteiger partial charge in [-0.05, 0) is 17.7 Å². The minimum absolute atomic E-state index is 0.270. The van der Waals surface area contributed by atoms with Crippen LogP contribution >= 0.6 is 0 Å². The van der Waals surface area contributed by atoms with Gasteiger partial charge < -0.3 is 11.1 Å². The zero-order valence-corrected chi connectivity index (χ0v) is 10.1. The van der Waals surface area contributed by atoms with Crippen LogP contribution in [0.3, 0.4) is 0 Å². The number of rotatable bonds is 5. The Kier molecular flexibility index (Phi) is 3.57. The molecule has 2 aromatic rings. The number of nitrogens with one attached hydrogen (secondary N) is 1. The van der Waals surface area contributed by atoms with E-state index < -0.39 is 0 Å². The van der Waals surface area contributed by atoms with Gasteiger partial charge in [0.2, 0.25) is 5.91 Å². The lowest BCUT2D eigenvalue weighted by molar-refractivity contribution is -0.117. The fraction of sp³-hybridized carbons (Fsp3) is 0.250. The number of carbonyl (C=O) groups excluding carboxylic acids is 1. The first kappa shape index (κ1) is 12.1. The summed E-state index contributed by atoms with van der Waals surface area (Å²) in [4.78, 5) is 10.8. The van der Waals surface area contributed by atoms with Gasteiger partial charge in [0, 0.05) is 12.7 Å². The first-order chi connectivity index (χ1) is 8.65. The van der Waals surface area contributed by atoms with Crippen molar-refractivity contribution < 1.29 is 4.79 Å². The molecule has 0 atom stereocenters. The summed E-state index contributed by atoms with van der Waals surface area (Å²) in [5.41, 5.74) is 8.02. The lowest BCUT2D eigenvalue weighted by atomic mass is 10.1. The lowest BCUT2D eigenvalue weighted by Gasteiger charge is -2.06. The molecule has 6 heteroatoms. The topological polar surface area (TPSA) is 85.8 Å². The van der Waals surface area contributed by atoms with Crippen molar-refractivity contribution in [1.29, 1.82) is 0 Å². The molecule has 1 amide bonds. The SMILES string of the molecule is Cn1nncc1CNc1ccc(CC(N)=O)cc1. The van der Waals surface area contributed by atoms with E-state index in [-0.39, 0.29) is 12.3 Å². The van der Waals surface area contributed by atoms with E-state index in [9.17, 15) is 4.79 Å². The largest absolute Gasteiger partial charge is 0.379 e. The number of aromatic nitrogens is 3. The molecular formula is C12H15N5O. The van der Waals surface area contributed by atoms with Crippen LogP contribution in [0.4, 0.5) is 5.69 Å². The molecule has 0 saturated carbocycles. The molecule has 0 aliphatic rings. The van der Waals surface area contributed by atoms with Crippen molar-refractivity contribution in [3.63, 3.8) is 0 Å². The van der Waals surface area contributed by atoms with Crippen LogP contribution in [0.2, 0.25) is 0 Å². The van der Waals surface area contributed by atoms with Crippen molar-refractivity contribution in [2.24, 2.45) is 12.8 Å². The highest BCUT2D eigenvalue weighted by Crippen LogP contribution is 2.11. The number of benzene rings is 1. The average molecular weight is 245 g/mol. The summed E-state index contributed by atoms with van der Waals surface area (Å²) in [5, 5.41) is 10.9. The van der Waals surface area contributed by atoms with Crippen LogP contribution in [0.1, 0.15) is 11.3 Å². The van der Waals surface area contributed by atoms with Gasteiger partial charge in [-0.3, -0.25) is 9.48 Å². The number of aryl methyl sites for hydroxylation is 1. The van der Waals surface area contributed by atoms with Gasteiger partial charge >= 0.3 is 0 Å². The molecule has 1 aromatic carbocycles. The Labute approximate surface area is 105 Å². The van der Waals surface area contributed by atoms with Crippen molar-refractivity contribution in [1.82, 2.24) is 15.0 Å². The molecule has 1 aromatic heterocycles. The number of nitrogens with zero attached hydrogens (tertiary/aromatic N) is 3. The minimum Gasteiger partial charge on any atom is -0.379 e. The van der Waals surface area contributed by atoms with Crippen LogP contribution in [0.15, 0.2) is 30.5 Å². The van der Waals surface area contributed by atoms with Crippen LogP contribution in [0.5, 0.6) is 0 Å². The number of amides is 1. The predicted molar refractivity (Wildman–Crippen MR) is 67.7 cm³/mol. The van der Waals surface area contributed by atoms with Gasteiger partial charge in [0.15, 0.2) is 0 Å². The maximum Gasteiger partial charge on any atom is 0.221 e. The molecular weight excluding hydrogens is 230 g/mol. The van der Waals surface area contributed by atoms with Gasteiger partial charge in [-0.1, -0.05) is 17.3 Å². The summed E-state index contributed by atoms with van der Waals surface area (Å²) in [5.74, 6) is -0.323. The van der Waals surface area contributed by atoms with Crippen LogP contribution in [0.25, 0.3) is 0 Å². The first-order valence-corrected chi connectivity index (χ1v) is 5.60. The number of carbonyl (C=O) groups is 1. The van der Waals surface area contributed by atoms with Gasteiger partial charge in [0.25, 0.3) is 0 Å². The Morgan fingerprint density at radius 2 is 2.11 bits per heavy atom. The van der Waals surface area contributed by atoms with Crippen LogP contribution < -0.4 is 11.1 Å². The fourth-order valence-electron chi connectivity index (χ4n) is 1.61. The molecule has 3 N–H and O–H groups in total. The van der Waals surface area contributed by atoms with Crippen LogP contribution in [-0.2, 0) is 24.8 Å². The highest BCUT2D eigenvalue weighted by molar-refractivity contribution is 5.76. The zero-order valence-electron chi connectivity index (χ0n) is 10.1. The van der Waals surface area contributed by atoms with Crippen LogP contribution in [-0.4, -0.2) is 20.9 Å². The molecule has 94 valence electrons. The predicted octanol–water partition coefficient (Wildman–Crippen LogP) is 0.455. The maximum atomic E-state index is 10.8. The van der Waals surface area contributed by atoms with Gasteiger partial charge in [-0.15, -0.1) is 5.10 Å². The summed E-state index contributed by atoms with van der Waals surface area (Å²) in [7, 11) is 1.85. The van der Waals surface area contributed by atoms with E-state index in [1.54, 1.807) is 10.9 Å². The van der Waals surface area contributed by atoms with Gasteiger partial charge in [-0.25, -0.2) is 0 Å². The second kappa shape index (κ2) is 5.31. The summed E-state index contributed by atoms with van der Waals surface area (Å²) in [6, 6.07) is 7.60. The number of nitrogens with two attached hydrogens (primary N) is 1. The molecule has 6 nitrogen and oxygen atoms in total. The Bertz CT molecular complexity index is 532. The molecule has 0 unspecified atom stereocenters. The summed E-state index contributed by atoms with van der Waals surface area (Å²) in [6.07, 6.45) is 1.99. The Hall–Kier alpha value is -2.37. The lowest BCUT2D eigenvalue weighted by Crippen LogP contribution is -2.13. The highest BCUT2D eigenvalue weighted by atomic mass is 16.1. The standard InChI is InChI=1S/C12H15N5O/c1-17-11(8-15-16-17)7-14-10-4-2-9(3-5-10)6-12(13)18/h2-5,8,14H,6-7H2,1H3,(H2,13,18). The van der Waals surface area contributed by atoms with Crippen molar-refractivity contribution >= 4 is 11.6 Å². The third-order valence-corrected chi connectivity index (χ3v) is 2.61. The van der Waals surface area contributed by atoms with E-state index in [4.69, 9.17) is 5.73 Å². The van der Waals surface area contributed by atoms with Gasteiger partial charge in [-0.2, -0.15) is 0 Å². The van der Waals surface area contributed by atoms with E-state index in [0.29, 0.717) is 6.54 Å². The zero-order chi connectivity index (χ0) is 13.0.